The van der Waals surface area contributed by atoms with Gasteiger partial charge >= 0.3 is 0 Å². The molecular weight excluding hydrogens is 132 g/mol. The molecule has 1 aliphatic heterocycles. The Bertz CT molecular complexity index is 74.9. The second-order valence-electron chi connectivity index (χ2n) is 2.61. The van der Waals surface area contributed by atoms with Gasteiger partial charge in [0.15, 0.2) is 0 Å². The van der Waals surface area contributed by atoms with Crippen molar-refractivity contribution in [2.24, 2.45) is 5.92 Å². The SMILES string of the molecule is CC1CCOOCCOC1. The van der Waals surface area contributed by atoms with Crippen molar-refractivity contribution in [1.29, 1.82) is 0 Å². The van der Waals surface area contributed by atoms with Crippen LogP contribution in [0.1, 0.15) is 13.3 Å². The van der Waals surface area contributed by atoms with Gasteiger partial charge < -0.3 is 4.74 Å². The minimum absolute atomic E-state index is 0.548. The van der Waals surface area contributed by atoms with Crippen LogP contribution in [-0.2, 0) is 14.5 Å². The van der Waals surface area contributed by atoms with Crippen LogP contribution in [-0.4, -0.2) is 26.4 Å². The van der Waals surface area contributed by atoms with Crippen molar-refractivity contribution < 1.29 is 14.5 Å². The van der Waals surface area contributed by atoms with Crippen molar-refractivity contribution in [1.82, 2.24) is 0 Å². The van der Waals surface area contributed by atoms with Crippen LogP contribution < -0.4 is 0 Å². The average Bonchev–Trinajstić information content (AvgIpc) is 2.02. The Morgan fingerprint density at radius 1 is 1.10 bits per heavy atom. The highest BCUT2D eigenvalue weighted by Gasteiger charge is 2.04. The normalized spacial score (nSPS) is 30.3. The Hall–Kier alpha value is -0.120. The molecule has 3 heteroatoms. The first kappa shape index (κ1) is 7.98. The highest BCUT2D eigenvalue weighted by atomic mass is 17.2. The highest BCUT2D eigenvalue weighted by molar-refractivity contribution is 4.50. The number of hydrogen-bond donors (Lipinski definition) is 0. The number of hydrogen-bond acceptors (Lipinski definition) is 3. The Morgan fingerprint density at radius 3 is 2.80 bits per heavy atom. The third kappa shape index (κ3) is 3.15. The summed E-state index contributed by atoms with van der Waals surface area (Å²) in [6.45, 7) is 4.85. The smallest absolute Gasteiger partial charge is 0.106 e. The van der Waals surface area contributed by atoms with E-state index in [9.17, 15) is 0 Å². The summed E-state index contributed by atoms with van der Waals surface area (Å²) in [5.74, 6) is 0.585. The van der Waals surface area contributed by atoms with Crippen LogP contribution in [0.15, 0.2) is 0 Å². The second kappa shape index (κ2) is 4.66. The van der Waals surface area contributed by atoms with E-state index >= 15 is 0 Å². The van der Waals surface area contributed by atoms with Crippen molar-refractivity contribution in [3.8, 4) is 0 Å². The molecule has 3 nitrogen and oxygen atoms in total. The molecule has 1 fully saturated rings. The molecule has 0 aromatic carbocycles. The van der Waals surface area contributed by atoms with E-state index in [4.69, 9.17) is 14.5 Å². The van der Waals surface area contributed by atoms with Crippen LogP contribution >= 0.6 is 0 Å². The first-order valence-corrected chi connectivity index (χ1v) is 3.72. The summed E-state index contributed by atoms with van der Waals surface area (Å²) < 4.78 is 5.26. The van der Waals surface area contributed by atoms with E-state index in [-0.39, 0.29) is 0 Å². The van der Waals surface area contributed by atoms with E-state index in [1.165, 1.54) is 0 Å². The summed E-state index contributed by atoms with van der Waals surface area (Å²) in [4.78, 5) is 9.62. The molecule has 1 heterocycles. The fourth-order valence-electron chi connectivity index (χ4n) is 0.828. The maximum Gasteiger partial charge on any atom is 0.106 e. The van der Waals surface area contributed by atoms with Gasteiger partial charge in [-0.2, -0.15) is 0 Å². The molecule has 0 aromatic heterocycles. The summed E-state index contributed by atoms with van der Waals surface area (Å²) >= 11 is 0. The first-order valence-electron chi connectivity index (χ1n) is 3.72. The van der Waals surface area contributed by atoms with Gasteiger partial charge in [0.25, 0.3) is 0 Å². The maximum absolute atomic E-state index is 5.26. The third-order valence-electron chi connectivity index (χ3n) is 1.49. The monoisotopic (exact) mass is 146 g/mol. The van der Waals surface area contributed by atoms with E-state index in [2.05, 4.69) is 6.92 Å². The zero-order valence-corrected chi connectivity index (χ0v) is 6.34. The quantitative estimate of drug-likeness (QED) is 0.477. The molecule has 0 saturated carbocycles. The van der Waals surface area contributed by atoms with E-state index in [1.807, 2.05) is 0 Å². The summed E-state index contributed by atoms with van der Waals surface area (Å²) in [6, 6.07) is 0. The molecule has 10 heavy (non-hydrogen) atoms. The van der Waals surface area contributed by atoms with E-state index in [0.717, 1.165) is 13.0 Å². The van der Waals surface area contributed by atoms with Crippen LogP contribution in [0.5, 0.6) is 0 Å². The topological polar surface area (TPSA) is 27.7 Å². The molecule has 1 aliphatic rings. The fourth-order valence-corrected chi connectivity index (χ4v) is 0.828. The van der Waals surface area contributed by atoms with Crippen molar-refractivity contribution in [3.63, 3.8) is 0 Å². The molecule has 0 radical (unpaired) electrons. The fraction of sp³-hybridized carbons (Fsp3) is 1.00. The van der Waals surface area contributed by atoms with Gasteiger partial charge in [0.05, 0.1) is 13.2 Å². The molecule has 0 spiro atoms. The Kier molecular flexibility index (Phi) is 3.72. The molecule has 60 valence electrons. The molecule has 1 rings (SSSR count). The van der Waals surface area contributed by atoms with Crippen LogP contribution in [0.4, 0.5) is 0 Å². The van der Waals surface area contributed by atoms with Crippen molar-refractivity contribution >= 4 is 0 Å². The minimum atomic E-state index is 0.548. The zero-order chi connectivity index (χ0) is 7.23. The lowest BCUT2D eigenvalue weighted by atomic mass is 10.1. The lowest BCUT2D eigenvalue weighted by Crippen LogP contribution is -2.07. The molecular formula is C7H14O3. The van der Waals surface area contributed by atoms with Crippen LogP contribution in [0.25, 0.3) is 0 Å². The summed E-state index contributed by atoms with van der Waals surface area (Å²) in [6.07, 6.45) is 1.01. The first-order chi connectivity index (χ1) is 4.89. The van der Waals surface area contributed by atoms with Crippen molar-refractivity contribution in [2.75, 3.05) is 26.4 Å². The van der Waals surface area contributed by atoms with Gasteiger partial charge in [-0.3, -0.25) is 0 Å². The zero-order valence-electron chi connectivity index (χ0n) is 6.34. The molecule has 0 aliphatic carbocycles. The lowest BCUT2D eigenvalue weighted by molar-refractivity contribution is -0.296. The molecule has 1 saturated heterocycles. The van der Waals surface area contributed by atoms with Gasteiger partial charge in [-0.25, -0.2) is 9.78 Å². The predicted octanol–water partition coefficient (Wildman–Crippen LogP) is 0.991. The third-order valence-corrected chi connectivity index (χ3v) is 1.49. The van der Waals surface area contributed by atoms with Gasteiger partial charge in [-0.15, -0.1) is 0 Å². The van der Waals surface area contributed by atoms with Crippen molar-refractivity contribution in [2.45, 2.75) is 13.3 Å². The van der Waals surface area contributed by atoms with E-state index < -0.39 is 0 Å². The van der Waals surface area contributed by atoms with Gasteiger partial charge in [0, 0.05) is 6.61 Å². The van der Waals surface area contributed by atoms with Crippen LogP contribution in [0.3, 0.4) is 0 Å². The molecule has 1 unspecified atom stereocenters. The highest BCUT2D eigenvalue weighted by Crippen LogP contribution is 2.04. The molecule has 0 N–H and O–H groups in total. The van der Waals surface area contributed by atoms with Gasteiger partial charge in [-0.05, 0) is 12.3 Å². The predicted molar refractivity (Wildman–Crippen MR) is 36.5 cm³/mol. The molecule has 0 amide bonds. The molecule has 1 atom stereocenters. The van der Waals surface area contributed by atoms with Crippen LogP contribution in [0, 0.1) is 5.92 Å². The number of rotatable bonds is 0. The average molecular weight is 146 g/mol. The Balaban J connectivity index is 2.15. The van der Waals surface area contributed by atoms with Crippen molar-refractivity contribution in [3.05, 3.63) is 0 Å². The van der Waals surface area contributed by atoms with Gasteiger partial charge in [0.2, 0.25) is 0 Å². The Morgan fingerprint density at radius 2 is 1.90 bits per heavy atom. The van der Waals surface area contributed by atoms with E-state index in [0.29, 0.717) is 25.7 Å². The van der Waals surface area contributed by atoms with Gasteiger partial charge in [-0.1, -0.05) is 6.92 Å². The summed E-state index contributed by atoms with van der Waals surface area (Å²) in [5, 5.41) is 0. The minimum Gasteiger partial charge on any atom is -0.379 e. The summed E-state index contributed by atoms with van der Waals surface area (Å²) in [5.41, 5.74) is 0. The largest absolute Gasteiger partial charge is 0.379 e. The molecule has 0 aromatic rings. The maximum atomic E-state index is 5.26. The van der Waals surface area contributed by atoms with E-state index in [1.54, 1.807) is 0 Å². The molecule has 0 bridgehead atoms. The Labute approximate surface area is 61.2 Å². The summed E-state index contributed by atoms with van der Waals surface area (Å²) in [7, 11) is 0. The standard InChI is InChI=1S/C7H14O3/c1-7-2-3-9-10-5-4-8-6-7/h7H,2-6H2,1H3. The lowest BCUT2D eigenvalue weighted by Gasteiger charge is -2.06. The van der Waals surface area contributed by atoms with Gasteiger partial charge in [0.1, 0.15) is 6.61 Å². The number of ether oxygens (including phenoxy) is 1. The second-order valence-corrected chi connectivity index (χ2v) is 2.61. The van der Waals surface area contributed by atoms with Crippen LogP contribution in [0.2, 0.25) is 0 Å².